The minimum atomic E-state index is 0.153. The molecule has 3 atom stereocenters. The lowest BCUT2D eigenvalue weighted by molar-refractivity contribution is -0.0325. The van der Waals surface area contributed by atoms with Crippen LogP contribution in [0.25, 0.3) is 0 Å². The number of phenols is 1. The second kappa shape index (κ2) is 5.45. The fraction of sp³-hybridized carbons (Fsp3) is 0.684. The fourth-order valence-corrected chi connectivity index (χ4v) is 5.28. The Morgan fingerprint density at radius 3 is 2.68 bits per heavy atom. The molecule has 0 amide bonds. The first-order valence-electron chi connectivity index (χ1n) is 8.34. The Morgan fingerprint density at radius 2 is 2.00 bits per heavy atom. The van der Waals surface area contributed by atoms with Gasteiger partial charge in [0.15, 0.2) is 11.5 Å². The third-order valence-corrected chi connectivity index (χ3v) is 6.25. The van der Waals surface area contributed by atoms with Gasteiger partial charge < -0.3 is 14.6 Å². The third-order valence-electron chi connectivity index (χ3n) is 6.25. The second-order valence-electron chi connectivity index (χ2n) is 7.63. The van der Waals surface area contributed by atoms with Gasteiger partial charge >= 0.3 is 0 Å². The van der Waals surface area contributed by atoms with Crippen molar-refractivity contribution in [3.8, 4) is 11.5 Å². The van der Waals surface area contributed by atoms with Crippen molar-refractivity contribution in [2.75, 3.05) is 20.8 Å². The number of phenolic OH excluding ortho intramolecular Hbond substituents is 1. The Bertz CT molecular complexity index is 564. The van der Waals surface area contributed by atoms with Gasteiger partial charge in [0.1, 0.15) is 0 Å². The standard InChI is InChI=1S/C19H28O3/c1-18(12-21-3)8-5-9-19(2)14-11-16(22-4)15(20)10-13(14)6-7-17(18)19/h10-11,17,20H,5-9,12H2,1-4H3/t17-,18+,19+/m0/s1. The quantitative estimate of drug-likeness (QED) is 0.915. The molecule has 0 heterocycles. The van der Waals surface area contributed by atoms with Gasteiger partial charge in [0.25, 0.3) is 0 Å². The monoisotopic (exact) mass is 304 g/mol. The Labute approximate surface area is 133 Å². The summed E-state index contributed by atoms with van der Waals surface area (Å²) >= 11 is 0. The zero-order chi connectivity index (χ0) is 16.0. The highest BCUT2D eigenvalue weighted by Crippen LogP contribution is 2.58. The highest BCUT2D eigenvalue weighted by atomic mass is 16.5. The van der Waals surface area contributed by atoms with Crippen LogP contribution in [0.2, 0.25) is 0 Å². The summed E-state index contributed by atoms with van der Waals surface area (Å²) in [5, 5.41) is 10.1. The maximum atomic E-state index is 10.1. The molecule has 22 heavy (non-hydrogen) atoms. The lowest BCUT2D eigenvalue weighted by Gasteiger charge is -2.55. The van der Waals surface area contributed by atoms with E-state index in [1.165, 1.54) is 36.8 Å². The number of hydrogen-bond donors (Lipinski definition) is 1. The summed E-state index contributed by atoms with van der Waals surface area (Å²) in [6.45, 7) is 5.62. The van der Waals surface area contributed by atoms with E-state index < -0.39 is 0 Å². The number of fused-ring (bicyclic) bond motifs is 3. The average molecular weight is 304 g/mol. The van der Waals surface area contributed by atoms with Gasteiger partial charge in [0.2, 0.25) is 0 Å². The minimum Gasteiger partial charge on any atom is -0.504 e. The van der Waals surface area contributed by atoms with Crippen LogP contribution >= 0.6 is 0 Å². The molecule has 122 valence electrons. The highest BCUT2D eigenvalue weighted by Gasteiger charge is 2.51. The van der Waals surface area contributed by atoms with Crippen molar-refractivity contribution in [2.24, 2.45) is 11.3 Å². The number of rotatable bonds is 3. The molecule has 0 radical (unpaired) electrons. The Kier molecular flexibility index (Phi) is 3.88. The molecule has 1 aromatic rings. The van der Waals surface area contributed by atoms with Crippen LogP contribution in [0.3, 0.4) is 0 Å². The summed E-state index contributed by atoms with van der Waals surface area (Å²) in [6.07, 6.45) is 5.89. The zero-order valence-electron chi connectivity index (χ0n) is 14.2. The summed E-state index contributed by atoms with van der Waals surface area (Å²) in [4.78, 5) is 0. The van der Waals surface area contributed by atoms with Crippen molar-refractivity contribution in [3.05, 3.63) is 23.3 Å². The van der Waals surface area contributed by atoms with Crippen molar-refractivity contribution in [2.45, 2.75) is 51.4 Å². The minimum absolute atomic E-state index is 0.153. The SMILES string of the molecule is COC[C@@]1(C)CCC[C@]2(C)c3cc(OC)c(O)cc3CC[C@@H]12. The van der Waals surface area contributed by atoms with E-state index in [2.05, 4.69) is 19.9 Å². The highest BCUT2D eigenvalue weighted by molar-refractivity contribution is 5.51. The summed E-state index contributed by atoms with van der Waals surface area (Å²) in [5.74, 6) is 1.48. The Morgan fingerprint density at radius 1 is 1.23 bits per heavy atom. The predicted molar refractivity (Wildman–Crippen MR) is 87.7 cm³/mol. The Hall–Kier alpha value is -1.22. The average Bonchev–Trinajstić information content (AvgIpc) is 2.46. The van der Waals surface area contributed by atoms with Crippen LogP contribution in [0.4, 0.5) is 0 Å². The lowest BCUT2D eigenvalue weighted by atomic mass is 9.50. The summed E-state index contributed by atoms with van der Waals surface area (Å²) < 4.78 is 10.9. The van der Waals surface area contributed by atoms with Crippen molar-refractivity contribution < 1.29 is 14.6 Å². The molecule has 1 N–H and O–H groups in total. The molecule has 2 aliphatic rings. The third kappa shape index (κ3) is 2.21. The van der Waals surface area contributed by atoms with Crippen molar-refractivity contribution in [1.82, 2.24) is 0 Å². The van der Waals surface area contributed by atoms with E-state index in [0.717, 1.165) is 13.0 Å². The molecule has 0 spiro atoms. The molecule has 1 saturated carbocycles. The topological polar surface area (TPSA) is 38.7 Å². The van der Waals surface area contributed by atoms with Crippen molar-refractivity contribution >= 4 is 0 Å². The number of methoxy groups -OCH3 is 2. The molecule has 1 fully saturated rings. The van der Waals surface area contributed by atoms with E-state index in [0.29, 0.717) is 11.7 Å². The van der Waals surface area contributed by atoms with Crippen molar-refractivity contribution in [1.29, 1.82) is 0 Å². The van der Waals surface area contributed by atoms with Gasteiger partial charge in [-0.1, -0.05) is 20.3 Å². The molecule has 0 unspecified atom stereocenters. The number of aryl methyl sites for hydroxylation is 1. The molecule has 0 aromatic heterocycles. The van der Waals surface area contributed by atoms with Crippen molar-refractivity contribution in [3.63, 3.8) is 0 Å². The van der Waals surface area contributed by atoms with E-state index >= 15 is 0 Å². The molecule has 2 aliphatic carbocycles. The van der Waals surface area contributed by atoms with Gasteiger partial charge in [-0.3, -0.25) is 0 Å². The number of aromatic hydroxyl groups is 1. The van der Waals surface area contributed by atoms with Gasteiger partial charge in [-0.2, -0.15) is 0 Å². The van der Waals surface area contributed by atoms with Gasteiger partial charge in [0.05, 0.1) is 13.7 Å². The first-order valence-corrected chi connectivity index (χ1v) is 8.34. The first-order chi connectivity index (χ1) is 10.4. The van der Waals surface area contributed by atoms with E-state index in [9.17, 15) is 5.11 Å². The van der Waals surface area contributed by atoms with Crippen LogP contribution < -0.4 is 4.74 Å². The second-order valence-corrected chi connectivity index (χ2v) is 7.63. The van der Waals surface area contributed by atoms with Crippen LogP contribution in [-0.4, -0.2) is 25.9 Å². The molecule has 3 nitrogen and oxygen atoms in total. The van der Waals surface area contributed by atoms with Gasteiger partial charge in [-0.25, -0.2) is 0 Å². The molecule has 0 bridgehead atoms. The van der Waals surface area contributed by atoms with E-state index in [1.54, 1.807) is 7.11 Å². The van der Waals surface area contributed by atoms with Crippen LogP contribution in [0.5, 0.6) is 11.5 Å². The van der Waals surface area contributed by atoms with Gasteiger partial charge in [-0.15, -0.1) is 0 Å². The maximum absolute atomic E-state index is 10.1. The van der Waals surface area contributed by atoms with E-state index in [1.807, 2.05) is 13.2 Å². The smallest absolute Gasteiger partial charge is 0.160 e. The van der Waals surface area contributed by atoms with E-state index in [-0.39, 0.29) is 16.6 Å². The first kappa shape index (κ1) is 15.7. The summed E-state index contributed by atoms with van der Waals surface area (Å²) in [7, 11) is 3.44. The lowest BCUT2D eigenvalue weighted by Crippen LogP contribution is -2.50. The van der Waals surface area contributed by atoms with Crippen LogP contribution in [0, 0.1) is 11.3 Å². The number of ether oxygens (including phenoxy) is 2. The van der Waals surface area contributed by atoms with Gasteiger partial charge in [-0.05, 0) is 65.7 Å². The molecule has 3 heteroatoms. The molecule has 1 aromatic carbocycles. The zero-order valence-corrected chi connectivity index (χ0v) is 14.2. The fourth-order valence-electron chi connectivity index (χ4n) is 5.28. The summed E-state index contributed by atoms with van der Waals surface area (Å²) in [5.41, 5.74) is 3.06. The predicted octanol–water partition coefficient (Wildman–Crippen LogP) is 4.06. The Balaban J connectivity index is 2.08. The van der Waals surface area contributed by atoms with Crippen LogP contribution in [0.1, 0.15) is 50.7 Å². The van der Waals surface area contributed by atoms with E-state index in [4.69, 9.17) is 9.47 Å². The van der Waals surface area contributed by atoms with Gasteiger partial charge in [0, 0.05) is 7.11 Å². The normalized spacial score (nSPS) is 33.9. The molecule has 0 saturated heterocycles. The molecular formula is C19H28O3. The largest absolute Gasteiger partial charge is 0.504 e. The molecule has 0 aliphatic heterocycles. The number of hydrogen-bond acceptors (Lipinski definition) is 3. The van der Waals surface area contributed by atoms with Crippen LogP contribution in [-0.2, 0) is 16.6 Å². The molecule has 3 rings (SSSR count). The van der Waals surface area contributed by atoms with Crippen LogP contribution in [0.15, 0.2) is 12.1 Å². The summed E-state index contributed by atoms with van der Waals surface area (Å²) in [6, 6.07) is 3.99. The number of benzene rings is 1. The molecular weight excluding hydrogens is 276 g/mol. The maximum Gasteiger partial charge on any atom is 0.160 e.